The monoisotopic (exact) mass is 221 g/mol. The highest BCUT2D eigenvalue weighted by Gasteiger charge is 2.22. The van der Waals surface area contributed by atoms with Gasteiger partial charge in [-0.1, -0.05) is 0 Å². The Morgan fingerprint density at radius 2 is 2.38 bits per heavy atom. The van der Waals surface area contributed by atoms with Gasteiger partial charge in [0, 0.05) is 32.8 Å². The summed E-state index contributed by atoms with van der Waals surface area (Å²) >= 11 is 0. The molecule has 0 unspecified atom stereocenters. The lowest BCUT2D eigenvalue weighted by Crippen LogP contribution is -2.19. The molecule has 0 spiro atoms. The number of nitrogens with one attached hydrogen (secondary N) is 1. The molecule has 0 aliphatic heterocycles. The first-order valence-electron chi connectivity index (χ1n) is 5.89. The fourth-order valence-corrected chi connectivity index (χ4v) is 1.61. The van der Waals surface area contributed by atoms with Crippen LogP contribution in [0, 0.1) is 5.92 Å². The Hall–Kier alpha value is -1.00. The summed E-state index contributed by atoms with van der Waals surface area (Å²) in [6.07, 6.45) is 5.60. The molecule has 2 rings (SSSR count). The summed E-state index contributed by atoms with van der Waals surface area (Å²) in [5.74, 6) is 1.84. The molecule has 1 aliphatic carbocycles. The maximum absolute atomic E-state index is 4.97. The highest BCUT2D eigenvalue weighted by molar-refractivity contribution is 5.03. The SMILES string of the molecule is COCCNCc1ccnc(CC2CC2)n1. The zero-order valence-electron chi connectivity index (χ0n) is 9.78. The summed E-state index contributed by atoms with van der Waals surface area (Å²) in [6, 6.07) is 1.97. The lowest BCUT2D eigenvalue weighted by Gasteiger charge is -2.05. The zero-order chi connectivity index (χ0) is 11.2. The van der Waals surface area contributed by atoms with Crippen LogP contribution in [0.4, 0.5) is 0 Å². The van der Waals surface area contributed by atoms with Gasteiger partial charge >= 0.3 is 0 Å². The zero-order valence-corrected chi connectivity index (χ0v) is 9.78. The molecule has 88 valence electrons. The van der Waals surface area contributed by atoms with Crippen LogP contribution in [0.3, 0.4) is 0 Å². The molecule has 0 bridgehead atoms. The summed E-state index contributed by atoms with van der Waals surface area (Å²) in [5.41, 5.74) is 1.07. The number of hydrogen-bond acceptors (Lipinski definition) is 4. The number of nitrogens with zero attached hydrogens (tertiary/aromatic N) is 2. The summed E-state index contributed by atoms with van der Waals surface area (Å²) in [6.45, 7) is 2.39. The van der Waals surface area contributed by atoms with Crippen LogP contribution in [0.1, 0.15) is 24.4 Å². The molecule has 0 atom stereocenters. The molecule has 1 N–H and O–H groups in total. The molecule has 1 aromatic heterocycles. The van der Waals surface area contributed by atoms with Crippen molar-refractivity contribution < 1.29 is 4.74 Å². The van der Waals surface area contributed by atoms with E-state index in [4.69, 9.17) is 4.74 Å². The number of methoxy groups -OCH3 is 1. The van der Waals surface area contributed by atoms with Crippen molar-refractivity contribution in [2.24, 2.45) is 5.92 Å². The molecule has 0 aromatic carbocycles. The van der Waals surface area contributed by atoms with E-state index in [0.717, 1.165) is 43.6 Å². The van der Waals surface area contributed by atoms with Crippen molar-refractivity contribution in [1.82, 2.24) is 15.3 Å². The number of rotatable bonds is 7. The average molecular weight is 221 g/mol. The van der Waals surface area contributed by atoms with Crippen LogP contribution in [0.5, 0.6) is 0 Å². The lowest BCUT2D eigenvalue weighted by molar-refractivity contribution is 0.199. The van der Waals surface area contributed by atoms with Gasteiger partial charge in [0.25, 0.3) is 0 Å². The minimum absolute atomic E-state index is 0.736. The quantitative estimate of drug-likeness (QED) is 0.702. The Kier molecular flexibility index (Phi) is 4.25. The van der Waals surface area contributed by atoms with E-state index in [0.29, 0.717) is 0 Å². The van der Waals surface area contributed by atoms with Gasteiger partial charge in [-0.15, -0.1) is 0 Å². The molecule has 4 heteroatoms. The molecule has 1 fully saturated rings. The van der Waals surface area contributed by atoms with Gasteiger partial charge in [0.15, 0.2) is 0 Å². The van der Waals surface area contributed by atoms with Crippen LogP contribution in [0.2, 0.25) is 0 Å². The minimum atomic E-state index is 0.736. The van der Waals surface area contributed by atoms with Gasteiger partial charge in [0.2, 0.25) is 0 Å². The molecule has 1 saturated carbocycles. The Balaban J connectivity index is 1.78. The Morgan fingerprint density at radius 3 is 3.12 bits per heavy atom. The highest BCUT2D eigenvalue weighted by Crippen LogP contribution is 2.31. The van der Waals surface area contributed by atoms with Gasteiger partial charge in [-0.3, -0.25) is 0 Å². The molecule has 1 aliphatic rings. The van der Waals surface area contributed by atoms with E-state index in [9.17, 15) is 0 Å². The van der Waals surface area contributed by atoms with Crippen LogP contribution in [0.25, 0.3) is 0 Å². The molecule has 16 heavy (non-hydrogen) atoms. The molecule has 1 aromatic rings. The molecule has 4 nitrogen and oxygen atoms in total. The van der Waals surface area contributed by atoms with Gasteiger partial charge in [0.05, 0.1) is 12.3 Å². The van der Waals surface area contributed by atoms with Gasteiger partial charge in [-0.2, -0.15) is 0 Å². The smallest absolute Gasteiger partial charge is 0.128 e. The number of aromatic nitrogens is 2. The molecule has 0 saturated heterocycles. The van der Waals surface area contributed by atoms with E-state index in [-0.39, 0.29) is 0 Å². The minimum Gasteiger partial charge on any atom is -0.383 e. The first-order valence-corrected chi connectivity index (χ1v) is 5.89. The van der Waals surface area contributed by atoms with Crippen LogP contribution < -0.4 is 5.32 Å². The van der Waals surface area contributed by atoms with Crippen molar-refractivity contribution in [3.05, 3.63) is 23.8 Å². The largest absolute Gasteiger partial charge is 0.383 e. The third kappa shape index (κ3) is 3.87. The molecular formula is C12H19N3O. The molecule has 0 amide bonds. The molecule has 0 radical (unpaired) electrons. The van der Waals surface area contributed by atoms with Crippen LogP contribution in [0.15, 0.2) is 12.3 Å². The Morgan fingerprint density at radius 1 is 1.50 bits per heavy atom. The first kappa shape index (κ1) is 11.5. The predicted molar refractivity (Wildman–Crippen MR) is 62.0 cm³/mol. The summed E-state index contributed by atoms with van der Waals surface area (Å²) in [7, 11) is 1.71. The summed E-state index contributed by atoms with van der Waals surface area (Å²) < 4.78 is 4.97. The summed E-state index contributed by atoms with van der Waals surface area (Å²) in [5, 5.41) is 3.28. The third-order valence-electron chi connectivity index (χ3n) is 2.72. The highest BCUT2D eigenvalue weighted by atomic mass is 16.5. The fourth-order valence-electron chi connectivity index (χ4n) is 1.61. The predicted octanol–water partition coefficient (Wildman–Crippen LogP) is 1.17. The van der Waals surface area contributed by atoms with E-state index in [2.05, 4.69) is 15.3 Å². The summed E-state index contributed by atoms with van der Waals surface area (Å²) in [4.78, 5) is 8.84. The maximum atomic E-state index is 4.97. The van der Waals surface area contributed by atoms with Gasteiger partial charge in [-0.05, 0) is 24.8 Å². The van der Waals surface area contributed by atoms with Crippen LogP contribution in [-0.2, 0) is 17.7 Å². The molecule has 1 heterocycles. The second-order valence-corrected chi connectivity index (χ2v) is 4.28. The topological polar surface area (TPSA) is 47.0 Å². The number of ether oxygens (including phenoxy) is 1. The van der Waals surface area contributed by atoms with Gasteiger partial charge in [0.1, 0.15) is 5.82 Å². The van der Waals surface area contributed by atoms with Crippen molar-refractivity contribution in [3.63, 3.8) is 0 Å². The standard InChI is InChI=1S/C12H19N3O/c1-16-7-6-13-9-11-4-5-14-12(15-11)8-10-2-3-10/h4-5,10,13H,2-3,6-9H2,1H3. The van der Waals surface area contributed by atoms with Gasteiger partial charge < -0.3 is 10.1 Å². The van der Waals surface area contributed by atoms with E-state index in [1.807, 2.05) is 12.3 Å². The van der Waals surface area contributed by atoms with Crippen molar-refractivity contribution in [3.8, 4) is 0 Å². The third-order valence-corrected chi connectivity index (χ3v) is 2.72. The lowest BCUT2D eigenvalue weighted by atomic mass is 10.2. The Bertz CT molecular complexity index is 326. The van der Waals surface area contributed by atoms with Crippen molar-refractivity contribution in [2.75, 3.05) is 20.3 Å². The Labute approximate surface area is 96.4 Å². The van der Waals surface area contributed by atoms with Crippen LogP contribution in [-0.4, -0.2) is 30.2 Å². The average Bonchev–Trinajstić information content (AvgIpc) is 3.09. The van der Waals surface area contributed by atoms with Crippen molar-refractivity contribution in [2.45, 2.75) is 25.8 Å². The van der Waals surface area contributed by atoms with E-state index in [1.165, 1.54) is 12.8 Å². The fraction of sp³-hybridized carbons (Fsp3) is 0.667. The first-order chi connectivity index (χ1) is 7.88. The molecular weight excluding hydrogens is 202 g/mol. The van der Waals surface area contributed by atoms with Crippen LogP contribution >= 0.6 is 0 Å². The second kappa shape index (κ2) is 5.92. The van der Waals surface area contributed by atoms with Crippen molar-refractivity contribution >= 4 is 0 Å². The second-order valence-electron chi connectivity index (χ2n) is 4.28. The van der Waals surface area contributed by atoms with E-state index in [1.54, 1.807) is 7.11 Å². The van der Waals surface area contributed by atoms with E-state index >= 15 is 0 Å². The maximum Gasteiger partial charge on any atom is 0.128 e. The number of hydrogen-bond donors (Lipinski definition) is 1. The van der Waals surface area contributed by atoms with Crippen molar-refractivity contribution in [1.29, 1.82) is 0 Å². The normalized spacial score (nSPS) is 15.3. The van der Waals surface area contributed by atoms with Gasteiger partial charge in [-0.25, -0.2) is 9.97 Å². The van der Waals surface area contributed by atoms with E-state index < -0.39 is 0 Å².